The average Bonchev–Trinajstić information content (AvgIpc) is 3.33. The summed E-state index contributed by atoms with van der Waals surface area (Å²) in [6, 6.07) is 5.74. The molecule has 0 saturated carbocycles. The van der Waals surface area contributed by atoms with Crippen molar-refractivity contribution in [2.45, 2.75) is 20.0 Å². The Morgan fingerprint density at radius 1 is 1.50 bits per heavy atom. The Hall–Kier alpha value is -2.55. The van der Waals surface area contributed by atoms with Gasteiger partial charge in [0, 0.05) is 37.0 Å². The third-order valence-corrected chi connectivity index (χ3v) is 4.26. The smallest absolute Gasteiger partial charge is 0.216 e. The highest BCUT2D eigenvalue weighted by Crippen LogP contribution is 2.16. The number of nitrogens with zero attached hydrogens (tertiary/aromatic N) is 5. The van der Waals surface area contributed by atoms with E-state index in [1.807, 2.05) is 39.3 Å². The van der Waals surface area contributed by atoms with Crippen LogP contribution in [-0.4, -0.2) is 44.2 Å². The normalized spacial score (nSPS) is 11.8. The number of rotatable bonds is 6. The van der Waals surface area contributed by atoms with Crippen LogP contribution in [0.1, 0.15) is 18.4 Å². The van der Waals surface area contributed by atoms with Gasteiger partial charge in [-0.1, -0.05) is 0 Å². The summed E-state index contributed by atoms with van der Waals surface area (Å²) in [5, 5.41) is 10.4. The summed E-state index contributed by atoms with van der Waals surface area (Å²) < 4.78 is 8.47. The Morgan fingerprint density at radius 3 is 3.00 bits per heavy atom. The number of nitrogens with one attached hydrogen (secondary N) is 2. The molecule has 9 heteroatoms. The summed E-state index contributed by atoms with van der Waals surface area (Å²) in [4.78, 5) is 11.2. The van der Waals surface area contributed by atoms with Crippen LogP contribution < -0.4 is 5.32 Å². The predicted molar refractivity (Wildman–Crippen MR) is 103 cm³/mol. The monoisotopic (exact) mass is 419 g/mol. The number of aromatic nitrogens is 4. The van der Waals surface area contributed by atoms with Gasteiger partial charge in [0.25, 0.3) is 0 Å². The molecule has 8 nitrogen and oxygen atoms in total. The minimum atomic E-state index is 0.400. The van der Waals surface area contributed by atoms with Gasteiger partial charge in [-0.2, -0.15) is 0 Å². The zero-order chi connectivity index (χ0) is 18.5. The number of aromatic amines is 1. The second-order valence-electron chi connectivity index (χ2n) is 5.87. The topological polar surface area (TPSA) is 87.3 Å². The second-order valence-corrected chi connectivity index (χ2v) is 6.79. The van der Waals surface area contributed by atoms with Crippen LogP contribution in [0, 0.1) is 0 Å². The summed E-state index contributed by atoms with van der Waals surface area (Å²) in [6.07, 6.45) is 3.64. The Labute approximate surface area is 160 Å². The van der Waals surface area contributed by atoms with Crippen molar-refractivity contribution in [1.82, 2.24) is 30.0 Å². The number of furan rings is 1. The Kier molecular flexibility index (Phi) is 5.77. The third-order valence-electron chi connectivity index (χ3n) is 3.82. The highest BCUT2D eigenvalue weighted by atomic mass is 79.9. The van der Waals surface area contributed by atoms with Gasteiger partial charge in [0.15, 0.2) is 11.7 Å². The lowest BCUT2D eigenvalue weighted by atomic mass is 10.4. The lowest BCUT2D eigenvalue weighted by molar-refractivity contribution is 0.461. The first-order valence-corrected chi connectivity index (χ1v) is 9.11. The van der Waals surface area contributed by atoms with Gasteiger partial charge in [-0.15, -0.1) is 5.10 Å². The van der Waals surface area contributed by atoms with Crippen molar-refractivity contribution in [3.63, 3.8) is 0 Å². The number of guanidine groups is 1. The first-order chi connectivity index (χ1) is 12.6. The van der Waals surface area contributed by atoms with Gasteiger partial charge in [0.1, 0.15) is 12.4 Å². The number of hydrogen-bond donors (Lipinski definition) is 2. The molecule has 3 aromatic heterocycles. The first-order valence-electron chi connectivity index (χ1n) is 8.32. The zero-order valence-corrected chi connectivity index (χ0v) is 16.6. The minimum absolute atomic E-state index is 0.400. The molecule has 0 unspecified atom stereocenters. The van der Waals surface area contributed by atoms with Crippen molar-refractivity contribution in [1.29, 1.82) is 0 Å². The molecule has 3 aromatic rings. The van der Waals surface area contributed by atoms with Gasteiger partial charge in [-0.3, -0.25) is 5.10 Å². The molecule has 0 aliphatic heterocycles. The Morgan fingerprint density at radius 2 is 2.35 bits per heavy atom. The molecule has 0 fully saturated rings. The van der Waals surface area contributed by atoms with E-state index >= 15 is 0 Å². The van der Waals surface area contributed by atoms with Crippen molar-refractivity contribution >= 4 is 21.9 Å². The van der Waals surface area contributed by atoms with E-state index in [9.17, 15) is 0 Å². The first kappa shape index (κ1) is 18.2. The van der Waals surface area contributed by atoms with Crippen molar-refractivity contribution < 1.29 is 4.42 Å². The summed E-state index contributed by atoms with van der Waals surface area (Å²) in [5.74, 6) is 2.66. The van der Waals surface area contributed by atoms with Gasteiger partial charge >= 0.3 is 0 Å². The summed E-state index contributed by atoms with van der Waals surface area (Å²) >= 11 is 3.51. The van der Waals surface area contributed by atoms with Gasteiger partial charge in [0.2, 0.25) is 5.82 Å². The number of halogens is 1. The van der Waals surface area contributed by atoms with E-state index < -0.39 is 0 Å². The summed E-state index contributed by atoms with van der Waals surface area (Å²) in [6.45, 7) is 3.97. The van der Waals surface area contributed by atoms with Crippen molar-refractivity contribution in [2.24, 2.45) is 12.0 Å². The zero-order valence-electron chi connectivity index (χ0n) is 15.0. The van der Waals surface area contributed by atoms with Crippen LogP contribution in [-0.2, 0) is 20.1 Å². The fourth-order valence-electron chi connectivity index (χ4n) is 2.54. The molecular weight excluding hydrogens is 398 g/mol. The van der Waals surface area contributed by atoms with Crippen LogP contribution in [0.25, 0.3) is 11.6 Å². The van der Waals surface area contributed by atoms with E-state index in [-0.39, 0.29) is 0 Å². The van der Waals surface area contributed by atoms with E-state index in [0.717, 1.165) is 23.5 Å². The molecule has 0 aliphatic rings. The van der Waals surface area contributed by atoms with Gasteiger partial charge < -0.3 is 19.2 Å². The molecule has 0 radical (unpaired) electrons. The average molecular weight is 420 g/mol. The van der Waals surface area contributed by atoms with Crippen LogP contribution >= 0.6 is 15.9 Å². The van der Waals surface area contributed by atoms with Gasteiger partial charge in [0.05, 0.1) is 12.8 Å². The maximum atomic E-state index is 5.31. The largest absolute Gasteiger partial charge is 0.461 e. The molecule has 0 aromatic carbocycles. The van der Waals surface area contributed by atoms with Crippen LogP contribution in [0.4, 0.5) is 0 Å². The fraction of sp³-hybridized carbons (Fsp3) is 0.353. The van der Waals surface area contributed by atoms with Crippen molar-refractivity contribution in [3.8, 4) is 11.6 Å². The minimum Gasteiger partial charge on any atom is -0.461 e. The quantitative estimate of drug-likeness (QED) is 0.473. The SMILES string of the molecule is CCNC(=NCc1nc(-c2ccco2)n[nH]1)N(C)Cc1cc(Br)cn1C. The Bertz CT molecular complexity index is 866. The summed E-state index contributed by atoms with van der Waals surface area (Å²) in [5.41, 5.74) is 1.18. The molecular formula is C17H22BrN7O. The molecule has 0 aliphatic carbocycles. The van der Waals surface area contributed by atoms with E-state index in [1.165, 1.54) is 5.69 Å². The lowest BCUT2D eigenvalue weighted by Gasteiger charge is -2.22. The van der Waals surface area contributed by atoms with Crippen molar-refractivity contribution in [3.05, 3.63) is 46.7 Å². The number of aryl methyl sites for hydroxylation is 1. The maximum absolute atomic E-state index is 5.31. The summed E-state index contributed by atoms with van der Waals surface area (Å²) in [7, 11) is 4.04. The maximum Gasteiger partial charge on any atom is 0.216 e. The molecule has 0 bridgehead atoms. The molecule has 2 N–H and O–H groups in total. The predicted octanol–water partition coefficient (Wildman–Crippen LogP) is 2.76. The van der Waals surface area contributed by atoms with Crippen LogP contribution in [0.2, 0.25) is 0 Å². The van der Waals surface area contributed by atoms with Crippen LogP contribution in [0.15, 0.2) is 44.5 Å². The molecule has 3 heterocycles. The van der Waals surface area contributed by atoms with E-state index in [4.69, 9.17) is 4.42 Å². The third kappa shape index (κ3) is 4.34. The van der Waals surface area contributed by atoms with E-state index in [1.54, 1.807) is 6.26 Å². The molecule has 0 atom stereocenters. The van der Waals surface area contributed by atoms with Gasteiger partial charge in [-0.25, -0.2) is 9.98 Å². The molecule has 0 amide bonds. The number of H-pyrrole nitrogens is 1. The van der Waals surface area contributed by atoms with E-state index in [2.05, 4.69) is 57.0 Å². The highest BCUT2D eigenvalue weighted by molar-refractivity contribution is 9.10. The molecule has 26 heavy (non-hydrogen) atoms. The Balaban J connectivity index is 1.69. The number of hydrogen-bond acceptors (Lipinski definition) is 4. The van der Waals surface area contributed by atoms with Crippen LogP contribution in [0.5, 0.6) is 0 Å². The second kappa shape index (κ2) is 8.22. The fourth-order valence-corrected chi connectivity index (χ4v) is 3.11. The van der Waals surface area contributed by atoms with Crippen molar-refractivity contribution in [2.75, 3.05) is 13.6 Å². The lowest BCUT2D eigenvalue weighted by Crippen LogP contribution is -2.38. The van der Waals surface area contributed by atoms with Crippen LogP contribution in [0.3, 0.4) is 0 Å². The molecule has 0 spiro atoms. The molecule has 138 valence electrons. The molecule has 3 rings (SSSR count). The van der Waals surface area contributed by atoms with E-state index in [0.29, 0.717) is 24.0 Å². The highest BCUT2D eigenvalue weighted by Gasteiger charge is 2.11. The number of aliphatic imine (C=N–C) groups is 1. The standard InChI is InChI=1S/C17H22BrN7O/c1-4-19-17(25(3)11-13-8-12(18)10-24(13)2)20-9-15-21-16(23-22-15)14-6-5-7-26-14/h5-8,10H,4,9,11H2,1-3H3,(H,19,20)(H,21,22,23). The van der Waals surface area contributed by atoms with Gasteiger partial charge in [-0.05, 0) is 41.1 Å². The molecule has 0 saturated heterocycles.